The van der Waals surface area contributed by atoms with Gasteiger partial charge in [0.25, 0.3) is 0 Å². The summed E-state index contributed by atoms with van der Waals surface area (Å²) in [5.74, 6) is 0.282. The zero-order valence-corrected chi connectivity index (χ0v) is 18.6. The molecule has 1 N–H and O–H groups in total. The number of fused-ring (bicyclic) bond motifs is 1. The lowest BCUT2D eigenvalue weighted by molar-refractivity contribution is -0.119. The topological polar surface area (TPSA) is 70.7 Å². The molecule has 1 amide bonds. The third kappa shape index (κ3) is 4.44. The summed E-state index contributed by atoms with van der Waals surface area (Å²) in [5.41, 5.74) is 2.05. The normalized spacial score (nSPS) is 17.9. The van der Waals surface area contributed by atoms with E-state index in [2.05, 4.69) is 53.2 Å². The van der Waals surface area contributed by atoms with Crippen LogP contribution in [0.4, 0.5) is 5.00 Å². The second-order valence-electron chi connectivity index (χ2n) is 8.40. The Bertz CT molecular complexity index is 887. The minimum absolute atomic E-state index is 0.0795. The fourth-order valence-corrected chi connectivity index (χ4v) is 5.18. The van der Waals surface area contributed by atoms with Crippen LogP contribution in [0.1, 0.15) is 50.1 Å². The van der Waals surface area contributed by atoms with Gasteiger partial charge in [0.05, 0.1) is 28.7 Å². The maximum atomic E-state index is 12.7. The smallest absolute Gasteiger partial charge is 0.229 e. The number of carbonyl (C=O) groups is 1. The van der Waals surface area contributed by atoms with E-state index in [9.17, 15) is 10.1 Å². The van der Waals surface area contributed by atoms with Gasteiger partial charge in [0.15, 0.2) is 0 Å². The van der Waals surface area contributed by atoms with E-state index in [1.807, 2.05) is 13.1 Å². The van der Waals surface area contributed by atoms with Gasteiger partial charge in [-0.2, -0.15) is 10.4 Å². The molecule has 0 saturated carbocycles. The molecule has 0 aromatic carbocycles. The number of carbonyl (C=O) groups excluding carboxylic acids is 1. The number of nitriles is 1. The van der Waals surface area contributed by atoms with Crippen molar-refractivity contribution in [3.8, 4) is 6.07 Å². The lowest BCUT2D eigenvalue weighted by Gasteiger charge is -2.33. The zero-order chi connectivity index (χ0) is 19.8. The quantitative estimate of drug-likeness (QED) is 0.714. The Morgan fingerprint density at radius 2 is 2.30 bits per heavy atom. The van der Waals surface area contributed by atoms with Gasteiger partial charge in [0, 0.05) is 11.1 Å². The molecule has 3 rings (SSSR count). The van der Waals surface area contributed by atoms with Gasteiger partial charge in [-0.3, -0.25) is 9.48 Å². The number of amides is 1. The van der Waals surface area contributed by atoms with Gasteiger partial charge in [-0.1, -0.05) is 27.7 Å². The van der Waals surface area contributed by atoms with Gasteiger partial charge in [0.2, 0.25) is 5.91 Å². The Labute approximate surface area is 172 Å². The molecule has 144 valence electrons. The minimum atomic E-state index is -0.246. The van der Waals surface area contributed by atoms with Crippen molar-refractivity contribution in [3.05, 3.63) is 32.9 Å². The fraction of sp³-hybridized carbons (Fsp3) is 0.550. The Morgan fingerprint density at radius 1 is 1.56 bits per heavy atom. The summed E-state index contributed by atoms with van der Waals surface area (Å²) in [6.45, 7) is 9.20. The fourth-order valence-electron chi connectivity index (χ4n) is 3.57. The van der Waals surface area contributed by atoms with Crippen molar-refractivity contribution in [2.75, 3.05) is 5.32 Å². The first-order valence-corrected chi connectivity index (χ1v) is 10.8. The van der Waals surface area contributed by atoms with Crippen molar-refractivity contribution in [2.24, 2.45) is 17.3 Å². The van der Waals surface area contributed by atoms with Gasteiger partial charge < -0.3 is 5.32 Å². The third-order valence-electron chi connectivity index (χ3n) is 5.35. The molecular formula is C20H25BrN4OS. The van der Waals surface area contributed by atoms with Crippen LogP contribution in [0.2, 0.25) is 0 Å². The highest BCUT2D eigenvalue weighted by atomic mass is 79.9. The molecule has 0 saturated heterocycles. The third-order valence-corrected chi connectivity index (χ3v) is 6.93. The van der Waals surface area contributed by atoms with E-state index in [-0.39, 0.29) is 17.2 Å². The zero-order valence-electron chi connectivity index (χ0n) is 16.2. The van der Waals surface area contributed by atoms with Gasteiger partial charge in [0.1, 0.15) is 11.1 Å². The van der Waals surface area contributed by atoms with E-state index in [1.54, 1.807) is 22.2 Å². The number of halogens is 1. The molecule has 0 radical (unpaired) electrons. The highest BCUT2D eigenvalue weighted by Crippen LogP contribution is 2.44. The van der Waals surface area contributed by atoms with Crippen LogP contribution in [-0.2, 0) is 24.2 Å². The average Bonchev–Trinajstić information content (AvgIpc) is 3.15. The highest BCUT2D eigenvalue weighted by molar-refractivity contribution is 9.10. The van der Waals surface area contributed by atoms with Crippen molar-refractivity contribution >= 4 is 38.2 Å². The van der Waals surface area contributed by atoms with Crippen molar-refractivity contribution < 1.29 is 4.79 Å². The molecule has 2 heterocycles. The first-order valence-electron chi connectivity index (χ1n) is 9.22. The summed E-state index contributed by atoms with van der Waals surface area (Å²) in [6, 6.07) is 2.33. The highest BCUT2D eigenvalue weighted by Gasteiger charge is 2.32. The van der Waals surface area contributed by atoms with E-state index in [1.165, 1.54) is 4.88 Å². The number of thiophene rings is 1. The molecule has 0 spiro atoms. The van der Waals surface area contributed by atoms with Crippen molar-refractivity contribution in [3.63, 3.8) is 0 Å². The van der Waals surface area contributed by atoms with E-state index in [0.717, 1.165) is 29.3 Å². The number of nitrogens with zero attached hydrogens (tertiary/aromatic N) is 3. The van der Waals surface area contributed by atoms with Crippen LogP contribution in [-0.4, -0.2) is 15.7 Å². The molecule has 2 aromatic rings. The SMILES string of the molecule is C[C@@H](Cn1cc(Br)cn1)C(=O)Nc1sc2c(c1C#N)CC[C@@H](C(C)(C)C)C2. The number of aromatic nitrogens is 2. The molecular weight excluding hydrogens is 424 g/mol. The average molecular weight is 449 g/mol. The molecule has 1 aliphatic carbocycles. The Balaban J connectivity index is 1.74. The molecule has 0 unspecified atom stereocenters. The second kappa shape index (κ2) is 7.76. The summed E-state index contributed by atoms with van der Waals surface area (Å²) in [4.78, 5) is 13.9. The summed E-state index contributed by atoms with van der Waals surface area (Å²) in [7, 11) is 0. The van der Waals surface area contributed by atoms with Gasteiger partial charge in [-0.05, 0) is 52.1 Å². The lowest BCUT2D eigenvalue weighted by atomic mass is 9.72. The van der Waals surface area contributed by atoms with Crippen molar-refractivity contribution in [1.29, 1.82) is 5.26 Å². The Morgan fingerprint density at radius 3 is 2.89 bits per heavy atom. The number of anilines is 1. The first-order chi connectivity index (χ1) is 12.7. The van der Waals surface area contributed by atoms with Gasteiger partial charge in [-0.25, -0.2) is 0 Å². The van der Waals surface area contributed by atoms with Crippen LogP contribution in [0.25, 0.3) is 0 Å². The van der Waals surface area contributed by atoms with Crippen molar-refractivity contribution in [2.45, 2.75) is 53.5 Å². The molecule has 5 nitrogen and oxygen atoms in total. The molecule has 2 atom stereocenters. The predicted molar refractivity (Wildman–Crippen MR) is 112 cm³/mol. The first kappa shape index (κ1) is 20.1. The maximum Gasteiger partial charge on any atom is 0.229 e. The molecule has 7 heteroatoms. The van der Waals surface area contributed by atoms with E-state index in [0.29, 0.717) is 23.0 Å². The molecule has 0 fully saturated rings. The number of nitrogens with one attached hydrogen (secondary N) is 1. The van der Waals surface area contributed by atoms with E-state index in [4.69, 9.17) is 0 Å². The van der Waals surface area contributed by atoms with E-state index < -0.39 is 0 Å². The van der Waals surface area contributed by atoms with Crippen LogP contribution in [0, 0.1) is 28.6 Å². The van der Waals surface area contributed by atoms with Crippen LogP contribution in [0.3, 0.4) is 0 Å². The largest absolute Gasteiger partial charge is 0.316 e. The second-order valence-corrected chi connectivity index (χ2v) is 10.4. The summed E-state index contributed by atoms with van der Waals surface area (Å²) in [5, 5.41) is 17.6. The van der Waals surface area contributed by atoms with Crippen LogP contribution in [0.15, 0.2) is 16.9 Å². The maximum absolute atomic E-state index is 12.7. The van der Waals surface area contributed by atoms with Crippen LogP contribution in [0.5, 0.6) is 0 Å². The number of rotatable bonds is 4. The monoisotopic (exact) mass is 448 g/mol. The summed E-state index contributed by atoms with van der Waals surface area (Å²) < 4.78 is 2.63. The Hall–Kier alpha value is -1.65. The summed E-state index contributed by atoms with van der Waals surface area (Å²) in [6.07, 6.45) is 6.56. The molecule has 0 bridgehead atoms. The molecule has 2 aromatic heterocycles. The van der Waals surface area contributed by atoms with Gasteiger partial charge in [-0.15, -0.1) is 11.3 Å². The number of hydrogen-bond donors (Lipinski definition) is 1. The van der Waals surface area contributed by atoms with Crippen LogP contribution < -0.4 is 5.32 Å². The Kier molecular flexibility index (Phi) is 5.78. The molecule has 0 aliphatic heterocycles. The van der Waals surface area contributed by atoms with Gasteiger partial charge >= 0.3 is 0 Å². The molecule has 1 aliphatic rings. The summed E-state index contributed by atoms with van der Waals surface area (Å²) >= 11 is 4.94. The standard InChI is InChI=1S/C20H25BrN4OS/c1-12(10-25-11-14(21)9-23-25)18(26)24-19-16(8-22)15-6-5-13(20(2,3)4)7-17(15)27-19/h9,11-13H,5-7,10H2,1-4H3,(H,24,26)/t12-,13+/m0/s1. The van der Waals surface area contributed by atoms with Crippen molar-refractivity contribution in [1.82, 2.24) is 9.78 Å². The van der Waals surface area contributed by atoms with Crippen LogP contribution >= 0.6 is 27.3 Å². The van der Waals surface area contributed by atoms with E-state index >= 15 is 0 Å². The lowest BCUT2D eigenvalue weighted by Crippen LogP contribution is -2.26. The minimum Gasteiger partial charge on any atom is -0.316 e. The predicted octanol–water partition coefficient (Wildman–Crippen LogP) is 5.00. The number of hydrogen-bond acceptors (Lipinski definition) is 4. The molecule has 27 heavy (non-hydrogen) atoms.